The molecule has 3 heterocycles. The molecule has 32 heavy (non-hydrogen) atoms. The third-order valence-corrected chi connectivity index (χ3v) is 8.27. The van der Waals surface area contributed by atoms with Gasteiger partial charge in [0, 0.05) is 35.8 Å². The summed E-state index contributed by atoms with van der Waals surface area (Å²) in [5.74, 6) is -0.527. The average molecular weight is 469 g/mol. The summed E-state index contributed by atoms with van der Waals surface area (Å²) in [6.07, 6.45) is 5.49. The minimum Gasteiger partial charge on any atom is -0.306 e. The van der Waals surface area contributed by atoms with Crippen molar-refractivity contribution < 1.29 is 9.18 Å². The van der Waals surface area contributed by atoms with Gasteiger partial charge in [-0.05, 0) is 91.6 Å². The van der Waals surface area contributed by atoms with Crippen LogP contribution < -0.4 is 10.0 Å². The third-order valence-electron chi connectivity index (χ3n) is 6.13. The van der Waals surface area contributed by atoms with E-state index in [-0.39, 0.29) is 6.03 Å². The van der Waals surface area contributed by atoms with E-state index in [0.717, 1.165) is 70.9 Å². The number of hydrogen-bond acceptors (Lipinski definition) is 5. The second-order valence-corrected chi connectivity index (χ2v) is 10.7. The van der Waals surface area contributed by atoms with Crippen LogP contribution in [0.25, 0.3) is 11.1 Å². The Hall–Kier alpha value is -2.42. The van der Waals surface area contributed by atoms with Gasteiger partial charge in [0.1, 0.15) is 0 Å². The number of benzene rings is 1. The molecule has 0 atom stereocenters. The number of rotatable bonds is 4. The van der Waals surface area contributed by atoms with Crippen LogP contribution in [-0.4, -0.2) is 29.5 Å². The lowest BCUT2D eigenvalue weighted by atomic mass is 9.93. The highest BCUT2D eigenvalue weighted by atomic mass is 32.2. The summed E-state index contributed by atoms with van der Waals surface area (Å²) >= 11 is 3.11. The van der Waals surface area contributed by atoms with E-state index in [1.165, 1.54) is 40.2 Å². The smallest absolute Gasteiger partial charge is 0.306 e. The third kappa shape index (κ3) is 4.27. The minimum absolute atomic E-state index is 0.269. The van der Waals surface area contributed by atoms with Gasteiger partial charge in [0.15, 0.2) is 0 Å². The van der Waals surface area contributed by atoms with Crippen LogP contribution in [0.15, 0.2) is 34.7 Å². The van der Waals surface area contributed by atoms with Gasteiger partial charge in [0.25, 0.3) is 0 Å². The molecule has 0 bridgehead atoms. The molecule has 2 N–H and O–H groups in total. The largest absolute Gasteiger partial charge is 0.329 e. The van der Waals surface area contributed by atoms with Crippen LogP contribution in [0.3, 0.4) is 0 Å². The molecular formula is C24H25FN4OS2. The fourth-order valence-corrected chi connectivity index (χ4v) is 6.63. The fraction of sp³-hybridized carbons (Fsp3) is 0.333. The zero-order chi connectivity index (χ0) is 22.2. The van der Waals surface area contributed by atoms with Crippen LogP contribution >= 0.6 is 23.3 Å². The number of nitrogens with one attached hydrogen (secondary N) is 2. The molecular weight excluding hydrogens is 443 g/mol. The van der Waals surface area contributed by atoms with Crippen molar-refractivity contribution in [1.82, 2.24) is 14.6 Å². The monoisotopic (exact) mass is 468 g/mol. The first kappa shape index (κ1) is 21.4. The number of anilines is 1. The van der Waals surface area contributed by atoms with Crippen molar-refractivity contribution in [1.29, 1.82) is 0 Å². The Morgan fingerprint density at radius 1 is 1.22 bits per heavy atom. The quantitative estimate of drug-likeness (QED) is 0.389. The van der Waals surface area contributed by atoms with Gasteiger partial charge in [-0.25, -0.2) is 9.78 Å². The van der Waals surface area contributed by atoms with Crippen molar-refractivity contribution in [2.24, 2.45) is 0 Å². The molecule has 2 aliphatic rings. The van der Waals surface area contributed by atoms with Gasteiger partial charge in [-0.2, -0.15) is 4.39 Å². The van der Waals surface area contributed by atoms with Crippen molar-refractivity contribution >= 4 is 35.0 Å². The summed E-state index contributed by atoms with van der Waals surface area (Å²) < 4.78 is 17.9. The molecule has 1 aliphatic heterocycles. The summed E-state index contributed by atoms with van der Waals surface area (Å²) in [5.41, 5.74) is 7.16. The van der Waals surface area contributed by atoms with Gasteiger partial charge in [0.05, 0.1) is 9.90 Å². The molecule has 0 saturated heterocycles. The molecule has 166 valence electrons. The van der Waals surface area contributed by atoms with E-state index in [2.05, 4.69) is 39.1 Å². The van der Waals surface area contributed by atoms with Crippen molar-refractivity contribution in [3.05, 3.63) is 63.5 Å². The molecule has 2 amide bonds. The second-order valence-electron chi connectivity index (χ2n) is 8.46. The van der Waals surface area contributed by atoms with Crippen LogP contribution in [0.1, 0.15) is 33.6 Å². The van der Waals surface area contributed by atoms with E-state index in [9.17, 15) is 9.18 Å². The predicted octanol–water partition coefficient (Wildman–Crippen LogP) is 5.56. The summed E-state index contributed by atoms with van der Waals surface area (Å²) in [6, 6.07) is 7.29. The Morgan fingerprint density at radius 3 is 2.94 bits per heavy atom. The molecule has 1 aliphatic carbocycles. The Balaban J connectivity index is 1.38. The number of pyridine rings is 1. The summed E-state index contributed by atoms with van der Waals surface area (Å²) in [7, 11) is 2.13. The van der Waals surface area contributed by atoms with Gasteiger partial charge in [-0.3, -0.25) is 4.72 Å². The molecule has 0 fully saturated rings. The molecule has 0 saturated carbocycles. The van der Waals surface area contributed by atoms with Crippen LogP contribution in [0.2, 0.25) is 0 Å². The first-order valence-electron chi connectivity index (χ1n) is 10.8. The highest BCUT2D eigenvalue weighted by Gasteiger charge is 2.23. The number of aryl methyl sites for hydroxylation is 2. The van der Waals surface area contributed by atoms with Crippen LogP contribution in [0.4, 0.5) is 14.9 Å². The first-order chi connectivity index (χ1) is 15.5. The molecule has 1 aromatic carbocycles. The predicted molar refractivity (Wildman–Crippen MR) is 129 cm³/mol. The lowest BCUT2D eigenvalue weighted by Crippen LogP contribution is -2.25. The summed E-state index contributed by atoms with van der Waals surface area (Å²) in [4.78, 5) is 20.3. The topological polar surface area (TPSA) is 57.3 Å². The average Bonchev–Trinajstić information content (AvgIpc) is 3.38. The molecule has 2 aromatic heterocycles. The standard InChI is InChI=1S/C24H25FN4OS2/c1-14-10-15-4-3-5-18(15)23(22(14)16-6-8-26-20(25)11-16)27-24(30)28-32-21-12-17-13-29(2)9-7-19(17)31-21/h6,8,10-12H,3-5,7,9,13H2,1-2H3,(H2,27,28,30). The van der Waals surface area contributed by atoms with Gasteiger partial charge >= 0.3 is 6.03 Å². The number of aromatic nitrogens is 1. The zero-order valence-corrected chi connectivity index (χ0v) is 19.8. The van der Waals surface area contributed by atoms with E-state index in [1.54, 1.807) is 17.4 Å². The summed E-state index contributed by atoms with van der Waals surface area (Å²) in [6.45, 7) is 4.04. The SMILES string of the molecule is Cc1cc2c(c(NC(=O)NSc3cc4c(s3)CCN(C)C4)c1-c1ccnc(F)c1)CCC2. The summed E-state index contributed by atoms with van der Waals surface area (Å²) in [5, 5.41) is 3.09. The number of amides is 2. The molecule has 0 unspecified atom stereocenters. The van der Waals surface area contributed by atoms with E-state index in [4.69, 9.17) is 0 Å². The molecule has 0 spiro atoms. The van der Waals surface area contributed by atoms with E-state index < -0.39 is 5.95 Å². The zero-order valence-electron chi connectivity index (χ0n) is 18.1. The number of fused-ring (bicyclic) bond motifs is 2. The first-order valence-corrected chi connectivity index (χ1v) is 12.4. The van der Waals surface area contributed by atoms with Crippen molar-refractivity contribution in [3.63, 3.8) is 0 Å². The highest BCUT2D eigenvalue weighted by Crippen LogP contribution is 2.40. The number of urea groups is 1. The van der Waals surface area contributed by atoms with E-state index >= 15 is 0 Å². The molecule has 0 radical (unpaired) electrons. The minimum atomic E-state index is -0.527. The lowest BCUT2D eigenvalue weighted by molar-refractivity contribution is 0.257. The van der Waals surface area contributed by atoms with Crippen LogP contribution in [0.5, 0.6) is 0 Å². The molecule has 5 nitrogen and oxygen atoms in total. The van der Waals surface area contributed by atoms with Crippen molar-refractivity contribution in [2.75, 3.05) is 18.9 Å². The number of carbonyl (C=O) groups is 1. The van der Waals surface area contributed by atoms with Crippen LogP contribution in [-0.2, 0) is 25.8 Å². The number of halogens is 1. The number of thiophene rings is 1. The van der Waals surface area contributed by atoms with E-state index in [0.29, 0.717) is 0 Å². The number of nitrogens with zero attached hydrogens (tertiary/aromatic N) is 2. The number of carbonyl (C=O) groups excluding carboxylic acids is 1. The molecule has 8 heteroatoms. The molecule has 5 rings (SSSR count). The normalized spacial score (nSPS) is 15.3. The maximum Gasteiger partial charge on any atom is 0.329 e. The van der Waals surface area contributed by atoms with Gasteiger partial charge in [-0.15, -0.1) is 11.3 Å². The highest BCUT2D eigenvalue weighted by molar-refractivity contribution is 7.99. The van der Waals surface area contributed by atoms with Crippen molar-refractivity contribution in [3.8, 4) is 11.1 Å². The van der Waals surface area contributed by atoms with Crippen LogP contribution in [0, 0.1) is 12.9 Å². The number of likely N-dealkylation sites (N-methyl/N-ethyl adjacent to an activating group) is 1. The van der Waals surface area contributed by atoms with Crippen molar-refractivity contribution in [2.45, 2.75) is 43.4 Å². The Morgan fingerprint density at radius 2 is 2.09 bits per heavy atom. The second kappa shape index (κ2) is 8.84. The molecule has 3 aromatic rings. The van der Waals surface area contributed by atoms with E-state index in [1.807, 2.05) is 6.92 Å². The fourth-order valence-electron chi connectivity index (χ4n) is 4.69. The number of hydrogen-bond donors (Lipinski definition) is 2. The Kier molecular flexibility index (Phi) is 5.92. The van der Waals surface area contributed by atoms with Gasteiger partial charge < -0.3 is 10.2 Å². The lowest BCUT2D eigenvalue weighted by Gasteiger charge is -2.21. The maximum atomic E-state index is 13.9. The van der Waals surface area contributed by atoms with Gasteiger partial charge in [-0.1, -0.05) is 6.07 Å². The maximum absolute atomic E-state index is 13.9. The Labute approximate surface area is 195 Å². The van der Waals surface area contributed by atoms with Gasteiger partial charge in [0.2, 0.25) is 5.95 Å². The Bertz CT molecular complexity index is 1190.